The van der Waals surface area contributed by atoms with Crippen LogP contribution in [0.4, 0.5) is 4.39 Å². The zero-order chi connectivity index (χ0) is 21.7. The molecule has 2 aromatic rings. The van der Waals surface area contributed by atoms with E-state index in [4.69, 9.17) is 16.7 Å². The Morgan fingerprint density at radius 3 is 2.57 bits per heavy atom. The predicted octanol–water partition coefficient (Wildman–Crippen LogP) is 6.10. The highest BCUT2D eigenvalue weighted by Gasteiger charge is 2.40. The minimum atomic E-state index is -1.09. The second-order valence-electron chi connectivity index (χ2n) is 8.29. The third kappa shape index (κ3) is 5.83. The summed E-state index contributed by atoms with van der Waals surface area (Å²) < 4.78 is 13.9. The molecule has 3 nitrogen and oxygen atoms in total. The Kier molecular flexibility index (Phi) is 8.32. The van der Waals surface area contributed by atoms with Crippen LogP contribution >= 0.6 is 22.9 Å². The SMILES string of the molecule is CCc1cccc(CCC[C@@H]2[C@@H](CCCc3sc(C(=O)O)cc3F)[C@H](Cl)C[C@H]2O)c1. The van der Waals surface area contributed by atoms with Crippen LogP contribution in [0.5, 0.6) is 0 Å². The first-order valence-electron chi connectivity index (χ1n) is 10.8. The Balaban J connectivity index is 1.52. The fraction of sp³-hybridized carbons (Fsp3) is 0.542. The lowest BCUT2D eigenvalue weighted by Gasteiger charge is -2.23. The van der Waals surface area contributed by atoms with Crippen LogP contribution in [0, 0.1) is 17.7 Å². The number of aliphatic hydroxyl groups excluding tert-OH is 1. The number of carboxylic acid groups (broad SMARTS) is 1. The van der Waals surface area contributed by atoms with Crippen molar-refractivity contribution in [3.8, 4) is 0 Å². The van der Waals surface area contributed by atoms with Crippen LogP contribution in [0.3, 0.4) is 0 Å². The lowest BCUT2D eigenvalue weighted by molar-refractivity contribution is 0.0701. The van der Waals surface area contributed by atoms with Gasteiger partial charge in [0.2, 0.25) is 0 Å². The monoisotopic (exact) mass is 452 g/mol. The number of aryl methyl sites for hydroxylation is 3. The summed E-state index contributed by atoms with van der Waals surface area (Å²) in [6.07, 6.45) is 6.27. The number of carboxylic acids is 1. The largest absolute Gasteiger partial charge is 0.477 e. The number of aliphatic hydroxyl groups is 1. The van der Waals surface area contributed by atoms with Gasteiger partial charge < -0.3 is 10.2 Å². The molecule has 1 fully saturated rings. The van der Waals surface area contributed by atoms with Crippen molar-refractivity contribution in [2.24, 2.45) is 11.8 Å². The number of hydrogen-bond donors (Lipinski definition) is 2. The quantitative estimate of drug-likeness (QED) is 0.428. The van der Waals surface area contributed by atoms with Gasteiger partial charge in [-0.3, -0.25) is 0 Å². The Bertz CT molecular complexity index is 853. The van der Waals surface area contributed by atoms with E-state index < -0.39 is 11.8 Å². The molecule has 1 aliphatic carbocycles. The highest BCUT2D eigenvalue weighted by molar-refractivity contribution is 7.13. The van der Waals surface area contributed by atoms with Crippen LogP contribution in [0.2, 0.25) is 0 Å². The second-order valence-corrected chi connectivity index (χ2v) is 9.99. The van der Waals surface area contributed by atoms with Crippen LogP contribution in [0.25, 0.3) is 0 Å². The first kappa shape index (κ1) is 23.2. The van der Waals surface area contributed by atoms with E-state index in [2.05, 4.69) is 31.2 Å². The summed E-state index contributed by atoms with van der Waals surface area (Å²) in [5.74, 6) is -1.14. The molecule has 164 valence electrons. The molecular weight excluding hydrogens is 423 g/mol. The lowest BCUT2D eigenvalue weighted by atomic mass is 9.85. The van der Waals surface area contributed by atoms with Crippen molar-refractivity contribution in [2.75, 3.05) is 0 Å². The van der Waals surface area contributed by atoms with Crippen molar-refractivity contribution >= 4 is 28.9 Å². The summed E-state index contributed by atoms with van der Waals surface area (Å²) in [5.41, 5.74) is 2.68. The van der Waals surface area contributed by atoms with Gasteiger partial charge in [-0.05, 0) is 80.4 Å². The molecule has 0 radical (unpaired) electrons. The molecule has 0 amide bonds. The molecule has 0 bridgehead atoms. The average Bonchev–Trinajstić information content (AvgIpc) is 3.22. The van der Waals surface area contributed by atoms with E-state index in [1.54, 1.807) is 0 Å². The van der Waals surface area contributed by atoms with E-state index in [-0.39, 0.29) is 28.2 Å². The Labute approximate surface area is 186 Å². The maximum absolute atomic E-state index is 13.9. The van der Waals surface area contributed by atoms with Crippen molar-refractivity contribution < 1.29 is 19.4 Å². The summed E-state index contributed by atoms with van der Waals surface area (Å²) in [4.78, 5) is 11.5. The van der Waals surface area contributed by atoms with E-state index in [0.717, 1.165) is 55.9 Å². The van der Waals surface area contributed by atoms with Gasteiger partial charge in [0, 0.05) is 10.3 Å². The Morgan fingerprint density at radius 2 is 1.87 bits per heavy atom. The molecule has 1 saturated carbocycles. The van der Waals surface area contributed by atoms with E-state index in [0.29, 0.717) is 17.7 Å². The molecule has 6 heteroatoms. The van der Waals surface area contributed by atoms with Crippen molar-refractivity contribution in [3.63, 3.8) is 0 Å². The molecule has 2 N–H and O–H groups in total. The molecular formula is C24H30ClFO3S. The van der Waals surface area contributed by atoms with Crippen molar-refractivity contribution in [1.82, 2.24) is 0 Å². The first-order valence-corrected chi connectivity index (χ1v) is 12.1. The van der Waals surface area contributed by atoms with Crippen LogP contribution in [-0.4, -0.2) is 27.7 Å². The predicted molar refractivity (Wildman–Crippen MR) is 120 cm³/mol. The standard InChI is InChI=1S/C24H30ClFO3S/c1-2-15-6-3-7-16(12-15)8-4-10-18-17(19(25)13-21(18)27)9-5-11-22-20(26)14-23(30-22)24(28)29/h3,6-7,12,14,17-19,21,27H,2,4-5,8-11,13H2,1H3,(H,28,29)/t17-,18-,19-,21-/m1/s1. The summed E-state index contributed by atoms with van der Waals surface area (Å²) >= 11 is 7.56. The third-order valence-corrected chi connectivity index (χ3v) is 7.95. The normalized spacial score (nSPS) is 23.7. The smallest absolute Gasteiger partial charge is 0.345 e. The van der Waals surface area contributed by atoms with Crippen LogP contribution < -0.4 is 0 Å². The fourth-order valence-corrected chi connectivity index (χ4v) is 6.08. The van der Waals surface area contributed by atoms with E-state index >= 15 is 0 Å². The molecule has 0 aliphatic heterocycles. The summed E-state index contributed by atoms with van der Waals surface area (Å²) in [6, 6.07) is 9.77. The van der Waals surface area contributed by atoms with Gasteiger partial charge >= 0.3 is 5.97 Å². The zero-order valence-corrected chi connectivity index (χ0v) is 18.9. The Morgan fingerprint density at radius 1 is 1.17 bits per heavy atom. The highest BCUT2D eigenvalue weighted by Crippen LogP contribution is 2.42. The number of aromatic carboxylic acids is 1. The number of alkyl halides is 1. The maximum Gasteiger partial charge on any atom is 0.345 e. The van der Waals surface area contributed by atoms with Gasteiger partial charge in [-0.1, -0.05) is 31.2 Å². The van der Waals surface area contributed by atoms with Crippen LogP contribution in [-0.2, 0) is 19.3 Å². The van der Waals surface area contributed by atoms with Crippen molar-refractivity contribution in [2.45, 2.75) is 69.8 Å². The van der Waals surface area contributed by atoms with E-state index in [1.165, 1.54) is 11.1 Å². The van der Waals surface area contributed by atoms with Crippen LogP contribution in [0.1, 0.15) is 64.7 Å². The maximum atomic E-state index is 13.9. The highest BCUT2D eigenvalue weighted by atomic mass is 35.5. The van der Waals surface area contributed by atoms with E-state index in [9.17, 15) is 14.3 Å². The third-order valence-electron chi connectivity index (χ3n) is 6.29. The fourth-order valence-electron chi connectivity index (χ4n) is 4.66. The number of rotatable bonds is 10. The molecule has 1 heterocycles. The van der Waals surface area contributed by atoms with E-state index in [1.807, 2.05) is 0 Å². The number of hydrogen-bond acceptors (Lipinski definition) is 3. The number of carbonyl (C=O) groups is 1. The number of benzene rings is 1. The van der Waals surface area contributed by atoms with Gasteiger partial charge in [-0.15, -0.1) is 22.9 Å². The van der Waals surface area contributed by atoms with Gasteiger partial charge in [-0.25, -0.2) is 9.18 Å². The summed E-state index contributed by atoms with van der Waals surface area (Å²) in [7, 11) is 0. The van der Waals surface area contributed by atoms with Gasteiger partial charge in [0.05, 0.1) is 6.10 Å². The summed E-state index contributed by atoms with van der Waals surface area (Å²) in [5, 5.41) is 19.5. The molecule has 1 aromatic heterocycles. The lowest BCUT2D eigenvalue weighted by Crippen LogP contribution is -2.21. The van der Waals surface area contributed by atoms with Gasteiger partial charge in [0.25, 0.3) is 0 Å². The first-order chi connectivity index (χ1) is 14.4. The molecule has 1 aromatic carbocycles. The van der Waals surface area contributed by atoms with Crippen molar-refractivity contribution in [3.05, 3.63) is 57.0 Å². The minimum Gasteiger partial charge on any atom is -0.477 e. The molecule has 4 atom stereocenters. The Hall–Kier alpha value is -1.43. The minimum absolute atomic E-state index is 0.0408. The summed E-state index contributed by atoms with van der Waals surface area (Å²) in [6.45, 7) is 2.16. The van der Waals surface area contributed by atoms with Gasteiger partial charge in [0.1, 0.15) is 10.7 Å². The van der Waals surface area contributed by atoms with Crippen molar-refractivity contribution in [1.29, 1.82) is 0 Å². The van der Waals surface area contributed by atoms with Crippen LogP contribution in [0.15, 0.2) is 30.3 Å². The topological polar surface area (TPSA) is 57.5 Å². The zero-order valence-electron chi connectivity index (χ0n) is 17.3. The number of thiophene rings is 1. The molecule has 30 heavy (non-hydrogen) atoms. The average molecular weight is 453 g/mol. The second kappa shape index (κ2) is 10.7. The van der Waals surface area contributed by atoms with Gasteiger partial charge in [0.15, 0.2) is 0 Å². The molecule has 0 spiro atoms. The molecule has 1 aliphatic rings. The molecule has 0 unspecified atom stereocenters. The molecule has 0 saturated heterocycles. The van der Waals surface area contributed by atoms with Gasteiger partial charge in [-0.2, -0.15) is 0 Å². The molecule has 3 rings (SSSR count). The number of halogens is 2.